The molecule has 0 aromatic heterocycles. The number of benzene rings is 2. The van der Waals surface area contributed by atoms with Crippen LogP contribution in [0.5, 0.6) is 0 Å². The molecule has 0 aliphatic carbocycles. The molecule has 0 saturated carbocycles. The normalized spacial score (nSPS) is 20.4. The van der Waals surface area contributed by atoms with E-state index in [1.165, 1.54) is 10.4 Å². The van der Waals surface area contributed by atoms with Crippen molar-refractivity contribution in [3.63, 3.8) is 0 Å². The summed E-state index contributed by atoms with van der Waals surface area (Å²) < 4.78 is 17.8. The van der Waals surface area contributed by atoms with Crippen molar-refractivity contribution in [3.05, 3.63) is 60.7 Å². The van der Waals surface area contributed by atoms with E-state index in [9.17, 15) is 0 Å². The third-order valence-electron chi connectivity index (χ3n) is 3.72. The monoisotopic (exact) mass is 314 g/mol. The van der Waals surface area contributed by atoms with Gasteiger partial charge in [-0.2, -0.15) is 0 Å². The lowest BCUT2D eigenvalue weighted by atomic mass is 10.4. The van der Waals surface area contributed by atoms with Crippen LogP contribution >= 0.6 is 0 Å². The number of hydrogen-bond donors (Lipinski definition) is 0. The number of ether oxygens (including phenoxy) is 2. The van der Waals surface area contributed by atoms with E-state index in [1.54, 1.807) is 0 Å². The minimum absolute atomic E-state index is 0.0115. The number of rotatable bonds is 5. The van der Waals surface area contributed by atoms with Crippen molar-refractivity contribution in [2.24, 2.45) is 0 Å². The van der Waals surface area contributed by atoms with Crippen molar-refractivity contribution in [1.82, 2.24) is 0 Å². The molecule has 3 nitrogen and oxygen atoms in total. The van der Waals surface area contributed by atoms with Crippen LogP contribution in [0.1, 0.15) is 13.8 Å². The topological polar surface area (TPSA) is 27.7 Å². The highest BCUT2D eigenvalue weighted by Gasteiger charge is 2.33. The molecule has 1 aliphatic heterocycles. The van der Waals surface area contributed by atoms with E-state index in [2.05, 4.69) is 48.5 Å². The summed E-state index contributed by atoms with van der Waals surface area (Å²) in [4.78, 5) is 0. The Morgan fingerprint density at radius 3 is 2.00 bits per heavy atom. The summed E-state index contributed by atoms with van der Waals surface area (Å²) in [5.41, 5.74) is 0. The van der Waals surface area contributed by atoms with Crippen LogP contribution < -0.4 is 10.4 Å². The van der Waals surface area contributed by atoms with Gasteiger partial charge in [-0.15, -0.1) is 0 Å². The molecular formula is C18H22O3Si. The van der Waals surface area contributed by atoms with E-state index >= 15 is 0 Å². The predicted molar refractivity (Wildman–Crippen MR) is 90.2 cm³/mol. The molecule has 0 bridgehead atoms. The third kappa shape index (κ3) is 3.84. The minimum Gasteiger partial charge on any atom is -0.408 e. The Balaban J connectivity index is 1.73. The summed E-state index contributed by atoms with van der Waals surface area (Å²) in [5.74, 6) is -0.495. The van der Waals surface area contributed by atoms with Gasteiger partial charge in [0.05, 0.1) is 13.2 Å². The minimum atomic E-state index is -1.69. The summed E-state index contributed by atoms with van der Waals surface area (Å²) in [6.07, 6.45) is 0.0115. The Morgan fingerprint density at radius 2 is 1.55 bits per heavy atom. The lowest BCUT2D eigenvalue weighted by Gasteiger charge is -2.21. The molecule has 1 fully saturated rings. The molecule has 0 amide bonds. The summed E-state index contributed by atoms with van der Waals surface area (Å²) in [6, 6.07) is 21.0. The fraction of sp³-hybridized carbons (Fsp3) is 0.333. The second kappa shape index (κ2) is 6.75. The largest absolute Gasteiger partial charge is 0.408 e. The van der Waals surface area contributed by atoms with Crippen molar-refractivity contribution < 1.29 is 13.9 Å². The second-order valence-corrected chi connectivity index (χ2v) is 8.41. The van der Waals surface area contributed by atoms with Crippen LogP contribution in [-0.2, 0) is 13.9 Å². The first-order chi connectivity index (χ1) is 10.6. The summed E-state index contributed by atoms with van der Waals surface area (Å²) in [7, 11) is -1.69. The summed E-state index contributed by atoms with van der Waals surface area (Å²) in [6.45, 7) is 5.05. The second-order valence-electron chi connectivity index (χ2n) is 5.99. The van der Waals surface area contributed by atoms with Gasteiger partial charge < -0.3 is 13.9 Å². The van der Waals surface area contributed by atoms with E-state index in [1.807, 2.05) is 26.0 Å². The molecule has 22 heavy (non-hydrogen) atoms. The van der Waals surface area contributed by atoms with Crippen LogP contribution in [0.3, 0.4) is 0 Å². The van der Waals surface area contributed by atoms with E-state index in [4.69, 9.17) is 13.9 Å². The van der Waals surface area contributed by atoms with Crippen molar-refractivity contribution in [1.29, 1.82) is 0 Å². The van der Waals surface area contributed by atoms with Gasteiger partial charge in [-0.25, -0.2) is 0 Å². The van der Waals surface area contributed by atoms with Gasteiger partial charge in [-0.3, -0.25) is 0 Å². The maximum atomic E-state index is 6.33. The zero-order chi connectivity index (χ0) is 15.4. The highest BCUT2D eigenvalue weighted by atomic mass is 28.3. The van der Waals surface area contributed by atoms with Crippen LogP contribution in [-0.4, -0.2) is 34.1 Å². The Bertz CT molecular complexity index is 546. The van der Waals surface area contributed by atoms with Gasteiger partial charge in [0.1, 0.15) is 6.10 Å². The standard InChI is InChI=1S/C18H22O3Si/c1-18(2)19-13-15(21-18)14-20-22(16-9-5-3-6-10-16)17-11-7-4-8-12-17/h3-12,15,22H,13-14H2,1-2H3. The first kappa shape index (κ1) is 15.4. The molecule has 1 atom stereocenters. The first-order valence-electron chi connectivity index (χ1n) is 7.67. The SMILES string of the molecule is CC1(C)OCC(CO[SiH](c2ccccc2)c2ccccc2)O1. The highest BCUT2D eigenvalue weighted by Crippen LogP contribution is 2.22. The van der Waals surface area contributed by atoms with Crippen LogP contribution in [0, 0.1) is 0 Å². The molecule has 1 saturated heterocycles. The maximum absolute atomic E-state index is 6.33. The fourth-order valence-corrected chi connectivity index (χ4v) is 5.01. The molecule has 2 aromatic carbocycles. The molecule has 1 aliphatic rings. The van der Waals surface area contributed by atoms with Crippen molar-refractivity contribution in [3.8, 4) is 0 Å². The highest BCUT2D eigenvalue weighted by molar-refractivity contribution is 6.80. The molecular weight excluding hydrogens is 292 g/mol. The molecule has 116 valence electrons. The average molecular weight is 314 g/mol. The van der Waals surface area contributed by atoms with Gasteiger partial charge >= 0.3 is 0 Å². The fourth-order valence-electron chi connectivity index (χ4n) is 2.69. The van der Waals surface area contributed by atoms with Crippen molar-refractivity contribution in [2.45, 2.75) is 25.7 Å². The summed E-state index contributed by atoms with van der Waals surface area (Å²) in [5, 5.41) is 2.57. The van der Waals surface area contributed by atoms with Crippen LogP contribution in [0.4, 0.5) is 0 Å². The smallest absolute Gasteiger partial charge is 0.239 e. The van der Waals surface area contributed by atoms with Gasteiger partial charge in [0.15, 0.2) is 5.79 Å². The molecule has 3 rings (SSSR count). The lowest BCUT2D eigenvalue weighted by Crippen LogP contribution is -2.46. The van der Waals surface area contributed by atoms with Gasteiger partial charge in [0.25, 0.3) is 0 Å². The first-order valence-corrected chi connectivity index (χ1v) is 9.30. The van der Waals surface area contributed by atoms with Gasteiger partial charge in [0, 0.05) is 0 Å². The van der Waals surface area contributed by atoms with Crippen LogP contribution in [0.25, 0.3) is 0 Å². The average Bonchev–Trinajstić information content (AvgIpc) is 2.89. The molecule has 0 N–H and O–H groups in total. The Hall–Kier alpha value is -1.46. The molecule has 0 spiro atoms. The molecule has 1 unspecified atom stereocenters. The van der Waals surface area contributed by atoms with E-state index in [-0.39, 0.29) is 6.10 Å². The molecule has 4 heteroatoms. The van der Waals surface area contributed by atoms with Gasteiger partial charge in [0.2, 0.25) is 9.04 Å². The zero-order valence-electron chi connectivity index (χ0n) is 13.1. The van der Waals surface area contributed by atoms with Crippen molar-refractivity contribution in [2.75, 3.05) is 13.2 Å². The molecule has 2 aromatic rings. The van der Waals surface area contributed by atoms with E-state index < -0.39 is 14.8 Å². The summed E-state index contributed by atoms with van der Waals surface area (Å²) >= 11 is 0. The lowest BCUT2D eigenvalue weighted by molar-refractivity contribution is -0.141. The van der Waals surface area contributed by atoms with E-state index in [0.717, 1.165) is 0 Å². The van der Waals surface area contributed by atoms with E-state index in [0.29, 0.717) is 13.2 Å². The molecule has 0 radical (unpaired) electrons. The van der Waals surface area contributed by atoms with Gasteiger partial charge in [-0.1, -0.05) is 60.7 Å². The zero-order valence-corrected chi connectivity index (χ0v) is 14.2. The number of hydrogen-bond acceptors (Lipinski definition) is 3. The van der Waals surface area contributed by atoms with Crippen LogP contribution in [0.2, 0.25) is 0 Å². The Labute approximate surface area is 133 Å². The van der Waals surface area contributed by atoms with Gasteiger partial charge in [-0.05, 0) is 24.2 Å². The Kier molecular flexibility index (Phi) is 4.74. The predicted octanol–water partition coefficient (Wildman–Crippen LogP) is 1.69. The maximum Gasteiger partial charge on any atom is 0.239 e. The third-order valence-corrected chi connectivity index (χ3v) is 6.23. The quantitative estimate of drug-likeness (QED) is 0.786. The van der Waals surface area contributed by atoms with Crippen LogP contribution in [0.15, 0.2) is 60.7 Å². The molecule has 1 heterocycles. The van der Waals surface area contributed by atoms with Crippen molar-refractivity contribution >= 4 is 19.4 Å². The Morgan fingerprint density at radius 1 is 1.00 bits per heavy atom.